The van der Waals surface area contributed by atoms with Crippen LogP contribution >= 0.6 is 11.3 Å². The van der Waals surface area contributed by atoms with E-state index in [9.17, 15) is 4.79 Å². The quantitative estimate of drug-likeness (QED) is 0.486. The lowest BCUT2D eigenvalue weighted by molar-refractivity contribution is 0.0742. The van der Waals surface area contributed by atoms with Gasteiger partial charge in [-0.15, -0.1) is 11.3 Å². The number of thiazole rings is 1. The Balaban J connectivity index is 1.81. The number of carbonyl (C=O) groups is 1. The molecule has 0 aliphatic rings. The van der Waals surface area contributed by atoms with Crippen LogP contribution in [-0.4, -0.2) is 36.1 Å². The van der Waals surface area contributed by atoms with Crippen LogP contribution in [0.3, 0.4) is 0 Å². The highest BCUT2D eigenvalue weighted by Gasteiger charge is 2.23. The van der Waals surface area contributed by atoms with E-state index in [1.165, 1.54) is 0 Å². The van der Waals surface area contributed by atoms with Crippen molar-refractivity contribution in [3.63, 3.8) is 0 Å². The molecule has 6 heteroatoms. The minimum absolute atomic E-state index is 0.0758. The highest BCUT2D eigenvalue weighted by molar-refractivity contribution is 7.18. The lowest BCUT2D eigenvalue weighted by atomic mass is 10.1. The Hall–Kier alpha value is -2.60. The number of nitrogens with zero attached hydrogens (tertiary/aromatic N) is 2. The lowest BCUT2D eigenvalue weighted by Crippen LogP contribution is -2.29. The van der Waals surface area contributed by atoms with Gasteiger partial charge in [0.1, 0.15) is 5.01 Å². The van der Waals surface area contributed by atoms with Gasteiger partial charge in [-0.3, -0.25) is 4.79 Å². The molecular formula is C23H28N2O3S. The van der Waals surface area contributed by atoms with Crippen molar-refractivity contribution < 1.29 is 14.3 Å². The zero-order valence-corrected chi connectivity index (χ0v) is 18.5. The lowest BCUT2D eigenvalue weighted by Gasteiger charge is -2.24. The SMILES string of the molecule is CCOc1cc(C(=O)N(C)[C@H](C)c2nc3ccccc3s2)ccc1OCC(C)C. The van der Waals surface area contributed by atoms with Crippen molar-refractivity contribution in [3.8, 4) is 11.5 Å². The van der Waals surface area contributed by atoms with E-state index >= 15 is 0 Å². The van der Waals surface area contributed by atoms with Gasteiger partial charge in [-0.2, -0.15) is 0 Å². The summed E-state index contributed by atoms with van der Waals surface area (Å²) in [4.78, 5) is 19.5. The van der Waals surface area contributed by atoms with E-state index in [4.69, 9.17) is 14.5 Å². The zero-order valence-electron chi connectivity index (χ0n) is 17.6. The number of carbonyl (C=O) groups excluding carboxylic acids is 1. The molecule has 0 fully saturated rings. The molecule has 154 valence electrons. The van der Waals surface area contributed by atoms with Gasteiger partial charge in [-0.05, 0) is 50.1 Å². The van der Waals surface area contributed by atoms with E-state index in [1.54, 1.807) is 28.4 Å². The molecule has 0 radical (unpaired) electrons. The molecule has 3 aromatic rings. The maximum Gasteiger partial charge on any atom is 0.254 e. The van der Waals surface area contributed by atoms with Gasteiger partial charge in [0.05, 0.1) is 29.5 Å². The highest BCUT2D eigenvalue weighted by atomic mass is 32.1. The van der Waals surface area contributed by atoms with Crippen molar-refractivity contribution in [2.24, 2.45) is 5.92 Å². The van der Waals surface area contributed by atoms with Gasteiger partial charge in [-0.1, -0.05) is 26.0 Å². The van der Waals surface area contributed by atoms with Crippen LogP contribution in [0, 0.1) is 5.92 Å². The first kappa shape index (κ1) is 21.1. The number of benzene rings is 2. The van der Waals surface area contributed by atoms with Crippen molar-refractivity contribution in [3.05, 3.63) is 53.0 Å². The number of rotatable bonds is 8. The Labute approximate surface area is 176 Å². The Kier molecular flexibility index (Phi) is 6.75. The molecule has 1 atom stereocenters. The summed E-state index contributed by atoms with van der Waals surface area (Å²) in [5.41, 5.74) is 1.53. The monoisotopic (exact) mass is 412 g/mol. The first-order valence-electron chi connectivity index (χ1n) is 9.93. The summed E-state index contributed by atoms with van der Waals surface area (Å²) in [5.74, 6) is 1.60. The third kappa shape index (κ3) is 4.88. The number of aromatic nitrogens is 1. The van der Waals surface area contributed by atoms with E-state index < -0.39 is 0 Å². The second-order valence-corrected chi connectivity index (χ2v) is 8.47. The van der Waals surface area contributed by atoms with Crippen LogP contribution in [-0.2, 0) is 0 Å². The molecular weight excluding hydrogens is 384 g/mol. The Bertz CT molecular complexity index is 950. The highest BCUT2D eigenvalue weighted by Crippen LogP contribution is 2.32. The number of hydrogen-bond donors (Lipinski definition) is 0. The van der Waals surface area contributed by atoms with Crippen molar-refractivity contribution in [2.45, 2.75) is 33.7 Å². The molecule has 1 amide bonds. The fourth-order valence-corrected chi connectivity index (χ4v) is 3.96. The van der Waals surface area contributed by atoms with Gasteiger partial charge in [0, 0.05) is 12.6 Å². The summed E-state index contributed by atoms with van der Waals surface area (Å²) in [7, 11) is 1.81. The summed E-state index contributed by atoms with van der Waals surface area (Å²) in [5, 5.41) is 0.920. The van der Waals surface area contributed by atoms with Gasteiger partial charge in [0.25, 0.3) is 5.91 Å². The average molecular weight is 413 g/mol. The maximum absolute atomic E-state index is 13.1. The third-order valence-corrected chi connectivity index (χ3v) is 5.84. The van der Waals surface area contributed by atoms with Crippen LogP contribution in [0.4, 0.5) is 0 Å². The number of fused-ring (bicyclic) bond motifs is 1. The summed E-state index contributed by atoms with van der Waals surface area (Å²) in [6, 6.07) is 13.3. The minimum atomic E-state index is -0.132. The largest absolute Gasteiger partial charge is 0.490 e. The van der Waals surface area contributed by atoms with Gasteiger partial charge in [0.15, 0.2) is 11.5 Å². The molecule has 0 aliphatic carbocycles. The molecule has 0 spiro atoms. The molecule has 1 heterocycles. The van der Waals surface area contributed by atoms with Gasteiger partial charge in [0.2, 0.25) is 0 Å². The predicted molar refractivity (Wildman–Crippen MR) is 118 cm³/mol. The van der Waals surface area contributed by atoms with Crippen LogP contribution in [0.15, 0.2) is 42.5 Å². The van der Waals surface area contributed by atoms with Crippen LogP contribution in [0.2, 0.25) is 0 Å². The van der Waals surface area contributed by atoms with E-state index in [1.807, 2.05) is 45.2 Å². The minimum Gasteiger partial charge on any atom is -0.490 e. The maximum atomic E-state index is 13.1. The molecule has 0 bridgehead atoms. The molecule has 0 saturated carbocycles. The number of ether oxygens (including phenoxy) is 2. The third-order valence-electron chi connectivity index (χ3n) is 4.63. The smallest absolute Gasteiger partial charge is 0.254 e. The molecule has 3 rings (SSSR count). The fourth-order valence-electron chi connectivity index (χ4n) is 2.90. The van der Waals surface area contributed by atoms with Crippen LogP contribution in [0.25, 0.3) is 10.2 Å². The molecule has 29 heavy (non-hydrogen) atoms. The van der Waals surface area contributed by atoms with E-state index in [2.05, 4.69) is 19.9 Å². The van der Waals surface area contributed by atoms with Crippen molar-refractivity contribution >= 4 is 27.5 Å². The molecule has 2 aromatic carbocycles. The predicted octanol–water partition coefficient (Wildman–Crippen LogP) is 5.56. The Morgan fingerprint density at radius 2 is 1.86 bits per heavy atom. The molecule has 0 unspecified atom stereocenters. The van der Waals surface area contributed by atoms with Gasteiger partial charge < -0.3 is 14.4 Å². The zero-order chi connectivity index (χ0) is 21.0. The van der Waals surface area contributed by atoms with Gasteiger partial charge in [-0.25, -0.2) is 4.98 Å². The Morgan fingerprint density at radius 1 is 1.10 bits per heavy atom. The van der Waals surface area contributed by atoms with Gasteiger partial charge >= 0.3 is 0 Å². The summed E-state index contributed by atoms with van der Waals surface area (Å²) < 4.78 is 12.7. The first-order chi connectivity index (χ1) is 13.9. The van der Waals surface area contributed by atoms with Crippen molar-refractivity contribution in [1.29, 1.82) is 0 Å². The summed E-state index contributed by atoms with van der Waals surface area (Å²) in [6.45, 7) is 9.21. The summed E-state index contributed by atoms with van der Waals surface area (Å²) >= 11 is 1.62. The molecule has 0 aliphatic heterocycles. The molecule has 5 nitrogen and oxygen atoms in total. The second kappa shape index (κ2) is 9.27. The topological polar surface area (TPSA) is 51.7 Å². The number of para-hydroxylation sites is 1. The van der Waals surface area contributed by atoms with E-state index in [-0.39, 0.29) is 11.9 Å². The van der Waals surface area contributed by atoms with E-state index in [0.29, 0.717) is 36.2 Å². The molecule has 0 saturated heterocycles. The van der Waals surface area contributed by atoms with Crippen LogP contribution in [0.1, 0.15) is 49.1 Å². The second-order valence-electron chi connectivity index (χ2n) is 7.41. The molecule has 1 aromatic heterocycles. The van der Waals surface area contributed by atoms with Crippen molar-refractivity contribution in [1.82, 2.24) is 9.88 Å². The standard InChI is InChI=1S/C23H28N2O3S/c1-6-27-20-13-17(11-12-19(20)28-14-15(2)3)23(26)25(5)16(4)22-24-18-9-7-8-10-21(18)29-22/h7-13,15-16H,6,14H2,1-5H3/t16-/m1/s1. The van der Waals surface area contributed by atoms with Crippen LogP contribution in [0.5, 0.6) is 11.5 Å². The number of amides is 1. The first-order valence-corrected chi connectivity index (χ1v) is 10.7. The normalized spacial score (nSPS) is 12.2. The van der Waals surface area contributed by atoms with Crippen LogP contribution < -0.4 is 9.47 Å². The number of hydrogen-bond acceptors (Lipinski definition) is 5. The average Bonchev–Trinajstić information content (AvgIpc) is 3.15. The molecule has 0 N–H and O–H groups in total. The Morgan fingerprint density at radius 3 is 2.55 bits per heavy atom. The fraction of sp³-hybridized carbons (Fsp3) is 0.391. The summed E-state index contributed by atoms with van der Waals surface area (Å²) in [6.07, 6.45) is 0. The van der Waals surface area contributed by atoms with Crippen molar-refractivity contribution in [2.75, 3.05) is 20.3 Å². The van der Waals surface area contributed by atoms with E-state index in [0.717, 1.165) is 15.2 Å².